The van der Waals surface area contributed by atoms with Gasteiger partial charge in [0.1, 0.15) is 22.1 Å². The van der Waals surface area contributed by atoms with E-state index >= 15 is 0 Å². The Morgan fingerprint density at radius 1 is 1.22 bits per heavy atom. The van der Waals surface area contributed by atoms with Crippen LogP contribution in [0.5, 0.6) is 5.75 Å². The van der Waals surface area contributed by atoms with Crippen molar-refractivity contribution in [2.45, 2.75) is 11.8 Å². The standard InChI is InChI=1S/C16H15ClN4O5S/c1-9(22)15(16(24)19-10-5-3-2-4-6-10)21-20-12-7-11(17)14(8-13(12)23)27(18,25)26/h2-8,22-23H,1H3,(H,19,24)(H2,18,25,26)/b15-9-,21-20?. The monoisotopic (exact) mass is 410 g/mol. The number of amides is 1. The lowest BCUT2D eigenvalue weighted by molar-refractivity contribution is -0.113. The Hall–Kier alpha value is -2.95. The van der Waals surface area contributed by atoms with Gasteiger partial charge in [-0.05, 0) is 25.1 Å². The highest BCUT2D eigenvalue weighted by molar-refractivity contribution is 7.89. The summed E-state index contributed by atoms with van der Waals surface area (Å²) in [5.74, 6) is -1.73. The molecule has 0 saturated heterocycles. The lowest BCUT2D eigenvalue weighted by Crippen LogP contribution is -2.14. The average molecular weight is 411 g/mol. The van der Waals surface area contributed by atoms with Crippen LogP contribution in [-0.2, 0) is 14.8 Å². The zero-order chi connectivity index (χ0) is 20.2. The summed E-state index contributed by atoms with van der Waals surface area (Å²) in [6.45, 7) is 1.23. The first-order chi connectivity index (χ1) is 12.6. The Morgan fingerprint density at radius 2 is 1.85 bits per heavy atom. The molecule has 2 aromatic rings. The van der Waals surface area contributed by atoms with Gasteiger partial charge in [-0.15, -0.1) is 10.2 Å². The molecule has 0 spiro atoms. The SMILES string of the molecule is C/C(O)=C(/N=Nc1cc(Cl)c(S(N)(=O)=O)cc1O)C(=O)Nc1ccccc1. The number of hydrogen-bond donors (Lipinski definition) is 4. The highest BCUT2D eigenvalue weighted by atomic mass is 35.5. The fourth-order valence-electron chi connectivity index (χ4n) is 1.93. The summed E-state index contributed by atoms with van der Waals surface area (Å²) in [4.78, 5) is 11.8. The first kappa shape index (κ1) is 20.4. The number of nitrogens with one attached hydrogen (secondary N) is 1. The first-order valence-electron chi connectivity index (χ1n) is 7.33. The van der Waals surface area contributed by atoms with Crippen molar-refractivity contribution in [3.05, 3.63) is 58.9 Å². The number of nitrogens with two attached hydrogens (primary N) is 1. The number of sulfonamides is 1. The van der Waals surface area contributed by atoms with E-state index in [2.05, 4.69) is 15.5 Å². The molecule has 0 aliphatic rings. The number of anilines is 1. The topological polar surface area (TPSA) is 154 Å². The van der Waals surface area contributed by atoms with Crippen LogP contribution in [0.25, 0.3) is 0 Å². The van der Waals surface area contributed by atoms with Gasteiger partial charge in [-0.1, -0.05) is 29.8 Å². The minimum absolute atomic E-state index is 0.223. The summed E-state index contributed by atoms with van der Waals surface area (Å²) in [5, 5.41) is 34.1. The van der Waals surface area contributed by atoms with Crippen molar-refractivity contribution in [1.29, 1.82) is 0 Å². The maximum absolute atomic E-state index is 12.2. The van der Waals surface area contributed by atoms with E-state index in [4.69, 9.17) is 16.7 Å². The van der Waals surface area contributed by atoms with Crippen LogP contribution in [0, 0.1) is 0 Å². The van der Waals surface area contributed by atoms with Crippen LogP contribution in [0.3, 0.4) is 0 Å². The molecule has 1 amide bonds. The van der Waals surface area contributed by atoms with E-state index in [9.17, 15) is 23.4 Å². The smallest absolute Gasteiger partial charge is 0.279 e. The first-order valence-corrected chi connectivity index (χ1v) is 9.25. The van der Waals surface area contributed by atoms with Crippen molar-refractivity contribution in [1.82, 2.24) is 0 Å². The number of halogens is 1. The predicted molar refractivity (Wildman–Crippen MR) is 99.4 cm³/mol. The van der Waals surface area contributed by atoms with Crippen molar-refractivity contribution in [2.24, 2.45) is 15.4 Å². The number of carbonyl (C=O) groups excluding carboxylic acids is 1. The number of primary sulfonamides is 1. The molecule has 0 aromatic heterocycles. The number of phenols is 1. The molecule has 9 nitrogen and oxygen atoms in total. The zero-order valence-electron chi connectivity index (χ0n) is 13.9. The Labute approximate surface area is 159 Å². The summed E-state index contributed by atoms with van der Waals surface area (Å²) >= 11 is 5.82. The number of aliphatic hydroxyl groups excluding tert-OH is 1. The van der Waals surface area contributed by atoms with Gasteiger partial charge < -0.3 is 15.5 Å². The van der Waals surface area contributed by atoms with Gasteiger partial charge in [0.25, 0.3) is 5.91 Å². The maximum Gasteiger partial charge on any atom is 0.279 e. The highest BCUT2D eigenvalue weighted by Gasteiger charge is 2.18. The molecule has 11 heteroatoms. The molecule has 2 rings (SSSR count). The molecule has 0 aliphatic carbocycles. The predicted octanol–water partition coefficient (Wildman–Crippen LogP) is 3.20. The molecule has 0 saturated carbocycles. The van der Waals surface area contributed by atoms with Crippen molar-refractivity contribution in [3.8, 4) is 5.75 Å². The number of aliphatic hydroxyl groups is 1. The van der Waals surface area contributed by atoms with E-state index < -0.39 is 38.0 Å². The van der Waals surface area contributed by atoms with E-state index in [-0.39, 0.29) is 10.7 Å². The van der Waals surface area contributed by atoms with Gasteiger partial charge in [-0.2, -0.15) is 0 Å². The second kappa shape index (κ2) is 8.16. The van der Waals surface area contributed by atoms with Gasteiger partial charge in [0.15, 0.2) is 5.70 Å². The van der Waals surface area contributed by atoms with Crippen LogP contribution in [0.15, 0.2) is 69.0 Å². The Morgan fingerprint density at radius 3 is 2.41 bits per heavy atom. The number of nitrogens with zero attached hydrogens (tertiary/aromatic N) is 2. The van der Waals surface area contributed by atoms with Crippen LogP contribution >= 0.6 is 11.6 Å². The molecule has 142 valence electrons. The summed E-state index contributed by atoms with van der Waals surface area (Å²) < 4.78 is 22.7. The number of allylic oxidation sites excluding steroid dienone is 1. The summed E-state index contributed by atoms with van der Waals surface area (Å²) in [7, 11) is -4.14. The molecular weight excluding hydrogens is 396 g/mol. The van der Waals surface area contributed by atoms with Crippen molar-refractivity contribution in [3.63, 3.8) is 0 Å². The fourth-order valence-corrected chi connectivity index (χ4v) is 3.02. The molecule has 0 heterocycles. The molecule has 0 radical (unpaired) electrons. The fraction of sp³-hybridized carbons (Fsp3) is 0.0625. The van der Waals surface area contributed by atoms with Crippen molar-refractivity contribution >= 4 is 38.9 Å². The van der Waals surface area contributed by atoms with Crippen LogP contribution in [0.1, 0.15) is 6.92 Å². The summed E-state index contributed by atoms with van der Waals surface area (Å²) in [5.41, 5.74) is -0.164. The third kappa shape index (κ3) is 5.26. The lowest BCUT2D eigenvalue weighted by Gasteiger charge is -2.07. The second-order valence-corrected chi connectivity index (χ2v) is 7.21. The molecule has 0 unspecified atom stereocenters. The Balaban J connectivity index is 2.32. The van der Waals surface area contributed by atoms with Crippen LogP contribution in [0.2, 0.25) is 5.02 Å². The quantitative estimate of drug-likeness (QED) is 0.338. The van der Waals surface area contributed by atoms with Gasteiger partial charge >= 0.3 is 0 Å². The molecule has 0 bridgehead atoms. The van der Waals surface area contributed by atoms with Gasteiger partial charge in [-0.25, -0.2) is 13.6 Å². The molecule has 0 atom stereocenters. The molecular formula is C16H15ClN4O5S. The highest BCUT2D eigenvalue weighted by Crippen LogP contribution is 2.35. The number of hydrogen-bond acceptors (Lipinski definition) is 7. The lowest BCUT2D eigenvalue weighted by atomic mass is 10.3. The van der Waals surface area contributed by atoms with E-state index in [1.54, 1.807) is 30.3 Å². The maximum atomic E-state index is 12.2. The third-order valence-electron chi connectivity index (χ3n) is 3.18. The molecule has 5 N–H and O–H groups in total. The minimum Gasteiger partial charge on any atom is -0.510 e. The van der Waals surface area contributed by atoms with E-state index in [1.807, 2.05) is 0 Å². The Kier molecular flexibility index (Phi) is 6.16. The van der Waals surface area contributed by atoms with Gasteiger partial charge in [-0.3, -0.25) is 4.79 Å². The van der Waals surface area contributed by atoms with Crippen molar-refractivity contribution in [2.75, 3.05) is 5.32 Å². The zero-order valence-corrected chi connectivity index (χ0v) is 15.5. The number of benzene rings is 2. The Bertz CT molecular complexity index is 1030. The van der Waals surface area contributed by atoms with Crippen LogP contribution in [0.4, 0.5) is 11.4 Å². The van der Waals surface area contributed by atoms with E-state index in [0.717, 1.165) is 12.1 Å². The van der Waals surface area contributed by atoms with Crippen LogP contribution in [-0.4, -0.2) is 24.5 Å². The number of phenolic OH excluding ortho intramolecular Hbond substituents is 1. The minimum atomic E-state index is -4.14. The second-order valence-electron chi connectivity index (χ2n) is 5.27. The third-order valence-corrected chi connectivity index (χ3v) is 4.56. The molecule has 0 fully saturated rings. The number of aromatic hydroxyl groups is 1. The number of azo groups is 1. The molecule has 2 aromatic carbocycles. The van der Waals surface area contributed by atoms with E-state index in [0.29, 0.717) is 5.69 Å². The number of carbonyl (C=O) groups is 1. The van der Waals surface area contributed by atoms with Gasteiger partial charge in [0, 0.05) is 11.8 Å². The number of rotatable bonds is 5. The molecule has 0 aliphatic heterocycles. The average Bonchev–Trinajstić information content (AvgIpc) is 2.57. The largest absolute Gasteiger partial charge is 0.510 e. The van der Waals surface area contributed by atoms with Crippen LogP contribution < -0.4 is 10.5 Å². The summed E-state index contributed by atoms with van der Waals surface area (Å²) in [6, 6.07) is 10.3. The van der Waals surface area contributed by atoms with Gasteiger partial charge in [0.05, 0.1) is 5.02 Å². The summed E-state index contributed by atoms with van der Waals surface area (Å²) in [6.07, 6.45) is 0. The normalized spacial score (nSPS) is 12.7. The van der Waals surface area contributed by atoms with Crippen molar-refractivity contribution < 1.29 is 23.4 Å². The number of para-hydroxylation sites is 1. The van der Waals surface area contributed by atoms with Gasteiger partial charge in [0.2, 0.25) is 10.0 Å². The van der Waals surface area contributed by atoms with E-state index in [1.165, 1.54) is 6.92 Å². The molecule has 27 heavy (non-hydrogen) atoms.